The summed E-state index contributed by atoms with van der Waals surface area (Å²) in [6.07, 6.45) is 0. The van der Waals surface area contributed by atoms with Gasteiger partial charge in [-0.15, -0.1) is 0 Å². The zero-order valence-corrected chi connectivity index (χ0v) is 8.26. The van der Waals surface area contributed by atoms with Crippen LogP contribution in [0.3, 0.4) is 0 Å². The molecule has 0 spiro atoms. The molecule has 3 nitrogen and oxygen atoms in total. The van der Waals surface area contributed by atoms with E-state index in [9.17, 15) is 0 Å². The van der Waals surface area contributed by atoms with E-state index in [2.05, 4.69) is 28.4 Å². The summed E-state index contributed by atoms with van der Waals surface area (Å²) >= 11 is 0. The Hall–Kier alpha value is -1.51. The van der Waals surface area contributed by atoms with Crippen molar-refractivity contribution >= 4 is 25.1 Å². The molecule has 0 aromatic carbocycles. The van der Waals surface area contributed by atoms with Crippen molar-refractivity contribution < 1.29 is 0 Å². The second-order valence-electron chi connectivity index (χ2n) is 2.95. The third-order valence-corrected chi connectivity index (χ3v) is 2.31. The van der Waals surface area contributed by atoms with Gasteiger partial charge in [-0.25, -0.2) is 15.0 Å². The van der Waals surface area contributed by atoms with Crippen LogP contribution in [0.4, 0.5) is 11.6 Å². The van der Waals surface area contributed by atoms with Gasteiger partial charge in [0, 0.05) is 0 Å². The maximum Gasteiger partial charge on any atom is 0.156 e. The minimum atomic E-state index is 0.644. The van der Waals surface area contributed by atoms with Gasteiger partial charge < -0.3 is 0 Å². The summed E-state index contributed by atoms with van der Waals surface area (Å²) in [6.45, 7) is 12.9. The van der Waals surface area contributed by atoms with Gasteiger partial charge in [-0.3, -0.25) is 0 Å². The summed E-state index contributed by atoms with van der Waals surface area (Å²) < 4.78 is 0. The van der Waals surface area contributed by atoms with Crippen molar-refractivity contribution in [3.8, 4) is 0 Å². The number of hydrogen-bond acceptors (Lipinski definition) is 3. The number of aromatic nitrogens is 1. The number of aliphatic imine (C=N–C) groups is 2. The standard InChI is InChI=1S/C10H13N3/c1-6-7(2)9(11-4)13-10(12-5)8(6)3/h4-5H2,1-3H3. The van der Waals surface area contributed by atoms with E-state index in [0.717, 1.165) is 16.7 Å². The van der Waals surface area contributed by atoms with Crippen LogP contribution in [0.1, 0.15) is 16.7 Å². The van der Waals surface area contributed by atoms with Gasteiger partial charge in [0.25, 0.3) is 0 Å². The van der Waals surface area contributed by atoms with E-state index in [0.29, 0.717) is 11.6 Å². The molecule has 0 bridgehead atoms. The summed E-state index contributed by atoms with van der Waals surface area (Å²) in [5.41, 5.74) is 3.26. The van der Waals surface area contributed by atoms with Crippen LogP contribution < -0.4 is 0 Å². The maximum atomic E-state index is 4.21. The van der Waals surface area contributed by atoms with E-state index in [1.165, 1.54) is 0 Å². The van der Waals surface area contributed by atoms with Crippen molar-refractivity contribution in [1.82, 2.24) is 4.98 Å². The topological polar surface area (TPSA) is 37.6 Å². The number of pyridine rings is 1. The van der Waals surface area contributed by atoms with Crippen LogP contribution in [0, 0.1) is 20.8 Å². The van der Waals surface area contributed by atoms with E-state index in [-0.39, 0.29) is 0 Å². The first-order chi connectivity index (χ1) is 6.11. The van der Waals surface area contributed by atoms with Gasteiger partial charge in [-0.05, 0) is 50.9 Å². The molecular weight excluding hydrogens is 162 g/mol. The highest BCUT2D eigenvalue weighted by Gasteiger charge is 2.08. The smallest absolute Gasteiger partial charge is 0.156 e. The van der Waals surface area contributed by atoms with Crippen LogP contribution in [0.2, 0.25) is 0 Å². The predicted molar refractivity (Wildman–Crippen MR) is 56.9 cm³/mol. The van der Waals surface area contributed by atoms with Gasteiger partial charge >= 0.3 is 0 Å². The summed E-state index contributed by atoms with van der Waals surface area (Å²) in [6, 6.07) is 0. The molecule has 13 heavy (non-hydrogen) atoms. The van der Waals surface area contributed by atoms with Crippen molar-refractivity contribution in [2.24, 2.45) is 9.98 Å². The lowest BCUT2D eigenvalue weighted by atomic mass is 10.1. The molecule has 0 fully saturated rings. The van der Waals surface area contributed by atoms with E-state index in [1.54, 1.807) is 0 Å². The zero-order valence-electron chi connectivity index (χ0n) is 8.26. The Morgan fingerprint density at radius 3 is 1.54 bits per heavy atom. The normalized spacial score (nSPS) is 9.77. The molecule has 0 amide bonds. The molecule has 0 radical (unpaired) electrons. The molecule has 1 aromatic rings. The number of hydrogen-bond donors (Lipinski definition) is 0. The van der Waals surface area contributed by atoms with Crippen molar-refractivity contribution in [3.05, 3.63) is 16.7 Å². The highest BCUT2D eigenvalue weighted by molar-refractivity contribution is 5.59. The van der Waals surface area contributed by atoms with Gasteiger partial charge in [0.15, 0.2) is 11.6 Å². The summed E-state index contributed by atoms with van der Waals surface area (Å²) in [5.74, 6) is 1.29. The molecule has 3 heteroatoms. The van der Waals surface area contributed by atoms with Gasteiger partial charge in [-0.2, -0.15) is 0 Å². The third kappa shape index (κ3) is 1.49. The molecular formula is C10H13N3. The molecule has 0 atom stereocenters. The van der Waals surface area contributed by atoms with Gasteiger partial charge in [0.2, 0.25) is 0 Å². The lowest BCUT2D eigenvalue weighted by molar-refractivity contribution is 1.13. The molecule has 0 aliphatic heterocycles. The molecule has 1 aromatic heterocycles. The van der Waals surface area contributed by atoms with Gasteiger partial charge in [0.1, 0.15) is 0 Å². The SMILES string of the molecule is C=Nc1nc(N=C)c(C)c(C)c1C. The second kappa shape index (κ2) is 3.47. The molecule has 0 aliphatic carbocycles. The predicted octanol–water partition coefficient (Wildman–Crippen LogP) is 2.67. The van der Waals surface area contributed by atoms with E-state index < -0.39 is 0 Å². The Bertz CT molecular complexity index is 335. The van der Waals surface area contributed by atoms with Crippen molar-refractivity contribution in [2.45, 2.75) is 20.8 Å². The average Bonchev–Trinajstić information content (AvgIpc) is 2.15. The Labute approximate surface area is 78.3 Å². The van der Waals surface area contributed by atoms with Crippen LogP contribution in [0.5, 0.6) is 0 Å². The average molecular weight is 175 g/mol. The Balaban J connectivity index is 3.53. The zero-order chi connectivity index (χ0) is 10.0. The van der Waals surface area contributed by atoms with Gasteiger partial charge in [0.05, 0.1) is 0 Å². The molecule has 0 unspecified atom stereocenters. The van der Waals surface area contributed by atoms with E-state index in [1.807, 2.05) is 20.8 Å². The lowest BCUT2D eigenvalue weighted by Crippen LogP contribution is -1.91. The van der Waals surface area contributed by atoms with E-state index >= 15 is 0 Å². The Morgan fingerprint density at radius 2 is 1.23 bits per heavy atom. The molecule has 0 N–H and O–H groups in total. The second-order valence-corrected chi connectivity index (χ2v) is 2.95. The van der Waals surface area contributed by atoms with Crippen LogP contribution in [-0.2, 0) is 0 Å². The van der Waals surface area contributed by atoms with Crippen LogP contribution >= 0.6 is 0 Å². The summed E-state index contributed by atoms with van der Waals surface area (Å²) in [7, 11) is 0. The summed E-state index contributed by atoms with van der Waals surface area (Å²) in [4.78, 5) is 11.9. The maximum absolute atomic E-state index is 4.21. The fourth-order valence-corrected chi connectivity index (χ4v) is 1.19. The monoisotopic (exact) mass is 175 g/mol. The van der Waals surface area contributed by atoms with Crippen LogP contribution in [0.15, 0.2) is 9.98 Å². The largest absolute Gasteiger partial charge is 0.245 e. The number of rotatable bonds is 2. The number of nitrogens with zero attached hydrogens (tertiary/aromatic N) is 3. The molecule has 1 heterocycles. The van der Waals surface area contributed by atoms with Crippen molar-refractivity contribution in [2.75, 3.05) is 0 Å². The fraction of sp³-hybridized carbons (Fsp3) is 0.300. The first-order valence-corrected chi connectivity index (χ1v) is 4.03. The first-order valence-electron chi connectivity index (χ1n) is 4.03. The van der Waals surface area contributed by atoms with Crippen LogP contribution in [0.25, 0.3) is 0 Å². The molecule has 68 valence electrons. The highest BCUT2D eigenvalue weighted by atomic mass is 15.0. The fourth-order valence-electron chi connectivity index (χ4n) is 1.19. The Kier molecular flexibility index (Phi) is 2.56. The van der Waals surface area contributed by atoms with Crippen molar-refractivity contribution in [3.63, 3.8) is 0 Å². The quantitative estimate of drug-likeness (QED) is 0.637. The first kappa shape index (κ1) is 9.58. The minimum Gasteiger partial charge on any atom is -0.245 e. The highest BCUT2D eigenvalue weighted by Crippen LogP contribution is 2.27. The summed E-state index contributed by atoms with van der Waals surface area (Å²) in [5, 5.41) is 0. The molecule has 0 saturated carbocycles. The minimum absolute atomic E-state index is 0.644. The molecule has 0 aliphatic rings. The lowest BCUT2D eigenvalue weighted by Gasteiger charge is -2.08. The van der Waals surface area contributed by atoms with Crippen LogP contribution in [-0.4, -0.2) is 18.4 Å². The third-order valence-electron chi connectivity index (χ3n) is 2.31. The molecule has 1 rings (SSSR count). The molecule has 0 saturated heterocycles. The van der Waals surface area contributed by atoms with Crippen molar-refractivity contribution in [1.29, 1.82) is 0 Å². The Morgan fingerprint density at radius 1 is 0.846 bits per heavy atom. The van der Waals surface area contributed by atoms with Gasteiger partial charge in [-0.1, -0.05) is 0 Å². The van der Waals surface area contributed by atoms with E-state index in [4.69, 9.17) is 0 Å².